The van der Waals surface area contributed by atoms with Gasteiger partial charge in [-0.3, -0.25) is 4.90 Å². The lowest BCUT2D eigenvalue weighted by atomic mass is 9.87. The van der Waals surface area contributed by atoms with Crippen LogP contribution in [0.3, 0.4) is 0 Å². The lowest BCUT2D eigenvalue weighted by Gasteiger charge is -2.38. The maximum atomic E-state index is 9.69. The van der Waals surface area contributed by atoms with Crippen molar-refractivity contribution in [3.8, 4) is 0 Å². The average molecular weight is 357 g/mol. The Labute approximate surface area is 159 Å². The van der Waals surface area contributed by atoms with Crippen LogP contribution in [-0.4, -0.2) is 35.0 Å². The topological polar surface area (TPSA) is 35.8 Å². The van der Waals surface area contributed by atoms with Crippen molar-refractivity contribution >= 4 is 5.71 Å². The zero-order chi connectivity index (χ0) is 18.0. The summed E-state index contributed by atoms with van der Waals surface area (Å²) >= 11 is 0. The van der Waals surface area contributed by atoms with Crippen molar-refractivity contribution in [3.63, 3.8) is 0 Å². The van der Waals surface area contributed by atoms with E-state index in [1.807, 2.05) is 0 Å². The van der Waals surface area contributed by atoms with Crippen LogP contribution in [0.4, 0.5) is 0 Å². The van der Waals surface area contributed by atoms with Gasteiger partial charge in [0, 0.05) is 0 Å². The largest absolute Gasteiger partial charge is 0.411 e. The first-order valence-corrected chi connectivity index (χ1v) is 10.9. The molecule has 1 heterocycles. The van der Waals surface area contributed by atoms with Crippen molar-refractivity contribution in [2.45, 2.75) is 89.0 Å². The zero-order valence-corrected chi connectivity index (χ0v) is 16.3. The molecule has 1 aliphatic heterocycles. The van der Waals surface area contributed by atoms with Crippen molar-refractivity contribution in [1.29, 1.82) is 0 Å². The molecule has 2 aliphatic rings. The summed E-state index contributed by atoms with van der Waals surface area (Å²) in [4.78, 5) is 2.61. The number of nitrogens with zero attached hydrogens (tertiary/aromatic N) is 2. The molecule has 3 heteroatoms. The first-order chi connectivity index (χ1) is 12.9. The Morgan fingerprint density at radius 1 is 0.769 bits per heavy atom. The lowest BCUT2D eigenvalue weighted by molar-refractivity contribution is 0.173. The van der Waals surface area contributed by atoms with Crippen LogP contribution in [0.2, 0.25) is 0 Å². The van der Waals surface area contributed by atoms with E-state index in [9.17, 15) is 5.21 Å². The van der Waals surface area contributed by atoms with Gasteiger partial charge in [-0.2, -0.15) is 0 Å². The standard InChI is InChI=1S/C23H36N2O/c26-24-22-14-10-5-3-1-2-4-6-11-15-23(22)25-18-16-21(17-19-25)20-12-8-7-9-13-20/h7-9,12-13,21,23,26H,1-6,10-11,14-19H2. The van der Waals surface area contributed by atoms with Gasteiger partial charge in [0.1, 0.15) is 0 Å². The Kier molecular flexibility index (Phi) is 8.00. The molecule has 0 aromatic heterocycles. The number of benzene rings is 1. The fraction of sp³-hybridized carbons (Fsp3) is 0.696. The van der Waals surface area contributed by atoms with Gasteiger partial charge in [-0.1, -0.05) is 80.4 Å². The van der Waals surface area contributed by atoms with Gasteiger partial charge >= 0.3 is 0 Å². The van der Waals surface area contributed by atoms with E-state index in [0.717, 1.165) is 31.6 Å². The number of likely N-dealkylation sites (tertiary alicyclic amines) is 1. The smallest absolute Gasteiger partial charge is 0.0742 e. The van der Waals surface area contributed by atoms with E-state index in [2.05, 4.69) is 40.4 Å². The number of piperidine rings is 1. The molecule has 1 atom stereocenters. The molecule has 1 saturated carbocycles. The Bertz CT molecular complexity index is 534. The molecule has 1 unspecified atom stereocenters. The molecule has 3 rings (SSSR count). The highest BCUT2D eigenvalue weighted by molar-refractivity contribution is 5.89. The summed E-state index contributed by atoms with van der Waals surface area (Å²) in [7, 11) is 0. The van der Waals surface area contributed by atoms with Crippen LogP contribution in [0, 0.1) is 0 Å². The van der Waals surface area contributed by atoms with Gasteiger partial charge in [-0.15, -0.1) is 0 Å². The molecule has 1 aliphatic carbocycles. The van der Waals surface area contributed by atoms with Gasteiger partial charge in [-0.25, -0.2) is 0 Å². The molecule has 1 saturated heterocycles. The number of rotatable bonds is 2. The zero-order valence-electron chi connectivity index (χ0n) is 16.3. The highest BCUT2D eigenvalue weighted by Gasteiger charge is 2.28. The summed E-state index contributed by atoms with van der Waals surface area (Å²) in [5.41, 5.74) is 2.53. The molecule has 1 aromatic rings. The molecule has 0 bridgehead atoms. The summed E-state index contributed by atoms with van der Waals surface area (Å²) in [6.07, 6.45) is 15.1. The SMILES string of the molecule is ON=C1CCCCCCCCCCC1N1CCC(c2ccccc2)CC1. The quantitative estimate of drug-likeness (QED) is 0.522. The Hall–Kier alpha value is -1.35. The number of hydrogen-bond acceptors (Lipinski definition) is 3. The van der Waals surface area contributed by atoms with Crippen LogP contribution in [0.5, 0.6) is 0 Å². The molecule has 144 valence electrons. The van der Waals surface area contributed by atoms with Gasteiger partial charge in [0.05, 0.1) is 11.8 Å². The minimum atomic E-state index is 0.358. The molecule has 0 radical (unpaired) electrons. The van der Waals surface area contributed by atoms with Crippen LogP contribution in [0.15, 0.2) is 35.5 Å². The van der Waals surface area contributed by atoms with Crippen LogP contribution in [-0.2, 0) is 0 Å². The first kappa shape index (κ1) is 19.4. The molecule has 3 nitrogen and oxygen atoms in total. The molecule has 2 fully saturated rings. The van der Waals surface area contributed by atoms with Gasteiger partial charge in [-0.05, 0) is 56.7 Å². The minimum absolute atomic E-state index is 0.358. The maximum absolute atomic E-state index is 9.69. The fourth-order valence-electron chi connectivity index (χ4n) is 4.82. The number of oxime groups is 1. The lowest BCUT2D eigenvalue weighted by Crippen LogP contribution is -2.45. The molecular weight excluding hydrogens is 320 g/mol. The monoisotopic (exact) mass is 356 g/mol. The van der Waals surface area contributed by atoms with E-state index in [0.29, 0.717) is 12.0 Å². The predicted molar refractivity (Wildman–Crippen MR) is 109 cm³/mol. The molecule has 0 amide bonds. The fourth-order valence-corrected chi connectivity index (χ4v) is 4.82. The van der Waals surface area contributed by atoms with E-state index in [1.54, 1.807) is 0 Å². The molecule has 1 N–H and O–H groups in total. The van der Waals surface area contributed by atoms with Crippen LogP contribution < -0.4 is 0 Å². The molecular formula is C23H36N2O. The first-order valence-electron chi connectivity index (χ1n) is 10.9. The van der Waals surface area contributed by atoms with Crippen LogP contribution >= 0.6 is 0 Å². The Balaban J connectivity index is 1.60. The Morgan fingerprint density at radius 2 is 1.38 bits per heavy atom. The summed E-state index contributed by atoms with van der Waals surface area (Å²) < 4.78 is 0. The summed E-state index contributed by atoms with van der Waals surface area (Å²) in [5.74, 6) is 0.688. The highest BCUT2D eigenvalue weighted by Crippen LogP contribution is 2.30. The summed E-state index contributed by atoms with van der Waals surface area (Å²) in [6, 6.07) is 11.3. The van der Waals surface area contributed by atoms with Crippen molar-refractivity contribution in [2.75, 3.05) is 13.1 Å². The highest BCUT2D eigenvalue weighted by atomic mass is 16.4. The van der Waals surface area contributed by atoms with Crippen LogP contribution in [0.25, 0.3) is 0 Å². The normalized spacial score (nSPS) is 26.9. The second kappa shape index (κ2) is 10.7. The second-order valence-electron chi connectivity index (χ2n) is 8.20. The van der Waals surface area contributed by atoms with Gasteiger partial charge in [0.25, 0.3) is 0 Å². The maximum Gasteiger partial charge on any atom is 0.0742 e. The van der Waals surface area contributed by atoms with E-state index < -0.39 is 0 Å². The van der Waals surface area contributed by atoms with E-state index in [1.165, 1.54) is 69.8 Å². The summed E-state index contributed by atoms with van der Waals surface area (Å²) in [5, 5.41) is 13.5. The third-order valence-electron chi connectivity index (χ3n) is 6.41. The summed E-state index contributed by atoms with van der Waals surface area (Å²) in [6.45, 7) is 2.26. The third kappa shape index (κ3) is 5.57. The van der Waals surface area contributed by atoms with E-state index in [-0.39, 0.29) is 0 Å². The second-order valence-corrected chi connectivity index (χ2v) is 8.20. The van der Waals surface area contributed by atoms with Crippen molar-refractivity contribution in [3.05, 3.63) is 35.9 Å². The Morgan fingerprint density at radius 3 is 2.04 bits per heavy atom. The predicted octanol–water partition coefficient (Wildman–Crippen LogP) is 5.98. The van der Waals surface area contributed by atoms with Crippen LogP contribution in [0.1, 0.15) is 88.5 Å². The third-order valence-corrected chi connectivity index (χ3v) is 6.41. The average Bonchev–Trinajstić information content (AvgIpc) is 2.69. The minimum Gasteiger partial charge on any atom is -0.411 e. The van der Waals surface area contributed by atoms with Crippen molar-refractivity contribution in [1.82, 2.24) is 4.90 Å². The molecule has 1 aromatic carbocycles. The van der Waals surface area contributed by atoms with E-state index in [4.69, 9.17) is 0 Å². The number of hydrogen-bond donors (Lipinski definition) is 1. The van der Waals surface area contributed by atoms with Gasteiger partial charge in [0.2, 0.25) is 0 Å². The molecule has 0 spiro atoms. The van der Waals surface area contributed by atoms with E-state index >= 15 is 0 Å². The molecule has 26 heavy (non-hydrogen) atoms. The van der Waals surface area contributed by atoms with Crippen molar-refractivity contribution in [2.24, 2.45) is 5.16 Å². The van der Waals surface area contributed by atoms with Gasteiger partial charge in [0.15, 0.2) is 0 Å². The van der Waals surface area contributed by atoms with Crippen molar-refractivity contribution < 1.29 is 5.21 Å². The van der Waals surface area contributed by atoms with Gasteiger partial charge < -0.3 is 5.21 Å².